The molecule has 32 heavy (non-hydrogen) atoms. The first kappa shape index (κ1) is 21.4. The van der Waals surface area contributed by atoms with Gasteiger partial charge in [-0.25, -0.2) is 0 Å². The lowest BCUT2D eigenvalue weighted by Crippen LogP contribution is -2.30. The second-order valence-corrected chi connectivity index (χ2v) is 7.81. The number of benzene rings is 2. The highest BCUT2D eigenvalue weighted by molar-refractivity contribution is 6.00. The van der Waals surface area contributed by atoms with Crippen LogP contribution < -0.4 is 10.5 Å². The summed E-state index contributed by atoms with van der Waals surface area (Å²) in [5.41, 5.74) is 8.35. The third-order valence-corrected chi connectivity index (χ3v) is 5.60. The van der Waals surface area contributed by atoms with E-state index in [9.17, 15) is 14.7 Å². The molecule has 0 radical (unpaired) electrons. The standard InChI is InChI=1S/C24H26N4O4/c1-2-3-6-13-28-23(15-9-11-16(12-10-15)32-14-19(25)30)20-21(26-27-22(20)24(28)31)17-7-4-5-8-18(17)29/h4-5,7-12,23,29H,2-3,6,13-14H2,1H3,(H2,25,30)(H,26,27). The van der Waals surface area contributed by atoms with Gasteiger partial charge in [0.15, 0.2) is 6.61 Å². The lowest BCUT2D eigenvalue weighted by molar-refractivity contribution is -0.119. The highest BCUT2D eigenvalue weighted by atomic mass is 16.5. The number of unbranched alkanes of at least 4 members (excludes halogenated alkanes) is 2. The fourth-order valence-corrected chi connectivity index (χ4v) is 4.09. The van der Waals surface area contributed by atoms with Gasteiger partial charge in [-0.1, -0.05) is 44.0 Å². The fraction of sp³-hybridized carbons (Fsp3) is 0.292. The monoisotopic (exact) mass is 434 g/mol. The number of carbonyl (C=O) groups excluding carboxylic acids is 2. The van der Waals surface area contributed by atoms with Crippen molar-refractivity contribution in [1.82, 2.24) is 15.1 Å². The van der Waals surface area contributed by atoms with Crippen LogP contribution >= 0.6 is 0 Å². The van der Waals surface area contributed by atoms with Crippen LogP contribution in [0, 0.1) is 0 Å². The number of para-hydroxylation sites is 1. The van der Waals surface area contributed by atoms with Crippen LogP contribution in [0.1, 0.15) is 53.8 Å². The third-order valence-electron chi connectivity index (χ3n) is 5.60. The van der Waals surface area contributed by atoms with Crippen molar-refractivity contribution in [2.45, 2.75) is 32.2 Å². The van der Waals surface area contributed by atoms with Crippen molar-refractivity contribution < 1.29 is 19.4 Å². The molecule has 2 aromatic carbocycles. The number of ether oxygens (including phenoxy) is 1. The summed E-state index contributed by atoms with van der Waals surface area (Å²) in [4.78, 5) is 26.1. The average Bonchev–Trinajstić information content (AvgIpc) is 3.32. The second kappa shape index (κ2) is 9.13. The predicted molar refractivity (Wildman–Crippen MR) is 119 cm³/mol. The van der Waals surface area contributed by atoms with Gasteiger partial charge in [-0.2, -0.15) is 5.10 Å². The predicted octanol–water partition coefficient (Wildman–Crippen LogP) is 3.38. The zero-order valence-corrected chi connectivity index (χ0v) is 17.9. The summed E-state index contributed by atoms with van der Waals surface area (Å²) in [7, 11) is 0. The number of fused-ring (bicyclic) bond motifs is 1. The van der Waals surface area contributed by atoms with Crippen molar-refractivity contribution >= 4 is 11.8 Å². The summed E-state index contributed by atoms with van der Waals surface area (Å²) in [6.07, 6.45) is 2.96. The number of nitrogens with two attached hydrogens (primary N) is 1. The number of phenolic OH excluding ortho intramolecular Hbond substituents is 1. The fourth-order valence-electron chi connectivity index (χ4n) is 4.09. The van der Waals surface area contributed by atoms with Gasteiger partial charge in [0.1, 0.15) is 22.9 Å². The number of rotatable bonds is 9. The molecule has 3 aromatic rings. The van der Waals surface area contributed by atoms with E-state index in [1.165, 1.54) is 0 Å². The van der Waals surface area contributed by atoms with Gasteiger partial charge in [0, 0.05) is 17.7 Å². The van der Waals surface area contributed by atoms with E-state index in [0.717, 1.165) is 30.4 Å². The van der Waals surface area contributed by atoms with E-state index in [-0.39, 0.29) is 24.3 Å². The first-order valence-corrected chi connectivity index (χ1v) is 10.7. The van der Waals surface area contributed by atoms with Crippen LogP contribution in [0.25, 0.3) is 11.3 Å². The van der Waals surface area contributed by atoms with E-state index in [2.05, 4.69) is 17.1 Å². The van der Waals surface area contributed by atoms with Gasteiger partial charge in [-0.3, -0.25) is 14.7 Å². The van der Waals surface area contributed by atoms with Crippen LogP contribution in [-0.2, 0) is 4.79 Å². The van der Waals surface area contributed by atoms with E-state index in [4.69, 9.17) is 10.5 Å². The van der Waals surface area contributed by atoms with Gasteiger partial charge in [-0.05, 0) is 36.2 Å². The van der Waals surface area contributed by atoms with E-state index < -0.39 is 5.91 Å². The Balaban J connectivity index is 1.74. The van der Waals surface area contributed by atoms with Crippen LogP contribution in [0.2, 0.25) is 0 Å². The van der Waals surface area contributed by atoms with E-state index in [1.807, 2.05) is 23.1 Å². The number of H-pyrrole nitrogens is 1. The highest BCUT2D eigenvalue weighted by Crippen LogP contribution is 2.44. The van der Waals surface area contributed by atoms with Gasteiger partial charge in [0.25, 0.3) is 11.8 Å². The van der Waals surface area contributed by atoms with Crippen molar-refractivity contribution in [1.29, 1.82) is 0 Å². The van der Waals surface area contributed by atoms with Gasteiger partial charge in [0.05, 0.1) is 6.04 Å². The molecule has 2 amide bonds. The molecule has 4 rings (SSSR count). The Bertz CT molecular complexity index is 1120. The number of primary amides is 1. The normalized spacial score (nSPS) is 15.1. The second-order valence-electron chi connectivity index (χ2n) is 7.81. The quantitative estimate of drug-likeness (QED) is 0.446. The molecule has 166 valence electrons. The van der Waals surface area contributed by atoms with Gasteiger partial charge in [-0.15, -0.1) is 0 Å². The molecule has 8 heteroatoms. The van der Waals surface area contributed by atoms with Crippen LogP contribution in [0.4, 0.5) is 0 Å². The average molecular weight is 434 g/mol. The first-order chi connectivity index (χ1) is 15.5. The summed E-state index contributed by atoms with van der Waals surface area (Å²) in [5, 5.41) is 17.7. The molecule has 8 nitrogen and oxygen atoms in total. The Kier molecular flexibility index (Phi) is 6.11. The van der Waals surface area contributed by atoms with Crippen LogP contribution in [0.3, 0.4) is 0 Å². The van der Waals surface area contributed by atoms with Crippen molar-refractivity contribution in [3.05, 3.63) is 65.4 Å². The number of nitrogens with one attached hydrogen (secondary N) is 1. The minimum atomic E-state index is -0.548. The Morgan fingerprint density at radius 3 is 2.62 bits per heavy atom. The molecule has 0 saturated heterocycles. The number of carbonyl (C=O) groups is 2. The molecule has 2 heterocycles. The maximum atomic E-state index is 13.3. The molecule has 1 unspecified atom stereocenters. The van der Waals surface area contributed by atoms with Gasteiger partial charge >= 0.3 is 0 Å². The van der Waals surface area contributed by atoms with Crippen LogP contribution in [-0.4, -0.2) is 45.2 Å². The van der Waals surface area contributed by atoms with Crippen LogP contribution in [0.15, 0.2) is 48.5 Å². The number of hydrogen-bond donors (Lipinski definition) is 3. The molecular weight excluding hydrogens is 408 g/mol. The van der Waals surface area contributed by atoms with E-state index in [1.54, 1.807) is 30.3 Å². The molecule has 4 N–H and O–H groups in total. The van der Waals surface area contributed by atoms with Crippen LogP contribution in [0.5, 0.6) is 11.5 Å². The number of aromatic hydroxyl groups is 1. The minimum Gasteiger partial charge on any atom is -0.507 e. The maximum Gasteiger partial charge on any atom is 0.273 e. The highest BCUT2D eigenvalue weighted by Gasteiger charge is 2.42. The van der Waals surface area contributed by atoms with Gasteiger partial charge < -0.3 is 20.5 Å². The largest absolute Gasteiger partial charge is 0.507 e. The van der Waals surface area contributed by atoms with Crippen molar-refractivity contribution in [2.75, 3.05) is 13.2 Å². The Labute approximate surface area is 186 Å². The smallest absolute Gasteiger partial charge is 0.273 e. The number of nitrogens with zero attached hydrogens (tertiary/aromatic N) is 2. The molecule has 0 aliphatic carbocycles. The summed E-state index contributed by atoms with van der Waals surface area (Å²) in [6, 6.07) is 13.9. The summed E-state index contributed by atoms with van der Waals surface area (Å²) < 4.78 is 5.37. The molecule has 1 atom stereocenters. The third kappa shape index (κ3) is 4.03. The molecule has 0 bridgehead atoms. The number of aromatic amines is 1. The Hall–Kier alpha value is -3.81. The van der Waals surface area contributed by atoms with E-state index in [0.29, 0.717) is 29.2 Å². The minimum absolute atomic E-state index is 0.104. The summed E-state index contributed by atoms with van der Waals surface area (Å²) >= 11 is 0. The molecule has 1 aromatic heterocycles. The summed E-state index contributed by atoms with van der Waals surface area (Å²) in [6.45, 7) is 2.53. The topological polar surface area (TPSA) is 122 Å². The van der Waals surface area contributed by atoms with Crippen molar-refractivity contribution in [3.8, 4) is 22.8 Å². The molecular formula is C24H26N4O4. The number of hydrogen-bond acceptors (Lipinski definition) is 5. The Morgan fingerprint density at radius 2 is 1.94 bits per heavy atom. The number of phenols is 1. The summed E-state index contributed by atoms with van der Waals surface area (Å²) in [5.74, 6) is -0.0346. The molecule has 1 aliphatic heterocycles. The lowest BCUT2D eigenvalue weighted by atomic mass is 9.95. The van der Waals surface area contributed by atoms with E-state index >= 15 is 0 Å². The number of aromatic nitrogens is 2. The SMILES string of the molecule is CCCCCN1C(=O)c2[nH]nc(-c3ccccc3O)c2C1c1ccc(OCC(N)=O)cc1. The number of amides is 2. The zero-order chi connectivity index (χ0) is 22.7. The molecule has 0 spiro atoms. The maximum absolute atomic E-state index is 13.3. The zero-order valence-electron chi connectivity index (χ0n) is 17.9. The first-order valence-electron chi connectivity index (χ1n) is 10.7. The van der Waals surface area contributed by atoms with Gasteiger partial charge in [0.2, 0.25) is 0 Å². The lowest BCUT2D eigenvalue weighted by Gasteiger charge is -2.26. The van der Waals surface area contributed by atoms with Crippen molar-refractivity contribution in [2.24, 2.45) is 5.73 Å². The Morgan fingerprint density at radius 1 is 1.19 bits per heavy atom. The molecule has 1 aliphatic rings. The molecule has 0 fully saturated rings. The molecule has 0 saturated carbocycles. The van der Waals surface area contributed by atoms with Crippen molar-refractivity contribution in [3.63, 3.8) is 0 Å².